The zero-order valence-corrected chi connectivity index (χ0v) is 20.0. The highest BCUT2D eigenvalue weighted by molar-refractivity contribution is 7.11. The summed E-state index contributed by atoms with van der Waals surface area (Å²) in [5, 5.41) is 15.8. The molecule has 34 heavy (non-hydrogen) atoms. The van der Waals surface area contributed by atoms with Crippen LogP contribution >= 0.6 is 22.9 Å². The Labute approximate surface area is 204 Å². The maximum atomic E-state index is 14.1. The number of aromatic nitrogens is 1. The predicted molar refractivity (Wildman–Crippen MR) is 127 cm³/mol. The van der Waals surface area contributed by atoms with Gasteiger partial charge in [-0.15, -0.1) is 11.3 Å². The lowest BCUT2D eigenvalue weighted by Crippen LogP contribution is -2.52. The van der Waals surface area contributed by atoms with Gasteiger partial charge in [0.2, 0.25) is 5.91 Å². The van der Waals surface area contributed by atoms with Crippen molar-refractivity contribution in [2.24, 2.45) is 4.99 Å². The number of thiazole rings is 1. The fraction of sp³-hybridized carbons (Fsp3) is 0.391. The highest BCUT2D eigenvalue weighted by atomic mass is 35.5. The van der Waals surface area contributed by atoms with E-state index in [1.807, 2.05) is 10.3 Å². The van der Waals surface area contributed by atoms with Crippen LogP contribution in [-0.2, 0) is 9.59 Å². The first kappa shape index (κ1) is 22.9. The van der Waals surface area contributed by atoms with Crippen LogP contribution in [0.2, 0.25) is 5.02 Å². The van der Waals surface area contributed by atoms with Crippen molar-refractivity contribution in [3.8, 4) is 0 Å². The average molecular weight is 504 g/mol. The Balaban J connectivity index is 1.54. The van der Waals surface area contributed by atoms with Crippen LogP contribution in [0.15, 0.2) is 40.0 Å². The zero-order valence-electron chi connectivity index (χ0n) is 18.4. The number of aliphatic imine (C=N–C) groups is 1. The molecule has 1 aromatic heterocycles. The molecule has 0 unspecified atom stereocenters. The molecule has 0 aliphatic carbocycles. The molecule has 178 valence electrons. The number of nitrogens with zero attached hydrogens (tertiary/aromatic N) is 4. The van der Waals surface area contributed by atoms with Crippen LogP contribution in [0.4, 0.5) is 4.39 Å². The van der Waals surface area contributed by atoms with Crippen molar-refractivity contribution in [2.75, 3.05) is 26.2 Å². The summed E-state index contributed by atoms with van der Waals surface area (Å²) < 4.78 is 14.1. The number of carbonyl (C=O) groups is 2. The largest absolute Gasteiger partial charge is 0.478 e. The molecule has 8 nitrogen and oxygen atoms in total. The number of rotatable bonds is 5. The smallest absolute Gasteiger partial charge is 0.335 e. The molecule has 1 aromatic carbocycles. The van der Waals surface area contributed by atoms with E-state index in [4.69, 9.17) is 16.6 Å². The molecule has 0 saturated carbocycles. The van der Waals surface area contributed by atoms with Gasteiger partial charge < -0.3 is 15.3 Å². The number of carboxylic acid groups (broad SMARTS) is 1. The summed E-state index contributed by atoms with van der Waals surface area (Å²) in [6, 6.07) is 2.06. The molecular weight excluding hydrogens is 481 g/mol. The molecule has 0 spiro atoms. The second-order valence-electron chi connectivity index (χ2n) is 8.63. The quantitative estimate of drug-likeness (QED) is 0.651. The Morgan fingerprint density at radius 2 is 2.21 bits per heavy atom. The number of aliphatic carboxylic acids is 1. The van der Waals surface area contributed by atoms with Crippen LogP contribution in [-0.4, -0.2) is 69.8 Å². The van der Waals surface area contributed by atoms with Gasteiger partial charge in [-0.2, -0.15) is 0 Å². The van der Waals surface area contributed by atoms with E-state index in [1.54, 1.807) is 19.2 Å². The Bertz CT molecular complexity index is 1220. The van der Waals surface area contributed by atoms with Crippen LogP contribution in [0.5, 0.6) is 0 Å². The second kappa shape index (κ2) is 9.09. The molecule has 1 amide bonds. The number of halogens is 2. The number of piperazine rings is 1. The molecule has 2 N–H and O–H groups in total. The van der Waals surface area contributed by atoms with Gasteiger partial charge in [-0.05, 0) is 30.5 Å². The number of amidine groups is 1. The molecule has 2 aromatic rings. The first-order valence-electron chi connectivity index (χ1n) is 11.0. The van der Waals surface area contributed by atoms with Crippen molar-refractivity contribution in [1.82, 2.24) is 20.1 Å². The van der Waals surface area contributed by atoms with Crippen molar-refractivity contribution >= 4 is 40.6 Å². The molecule has 5 rings (SSSR count). The van der Waals surface area contributed by atoms with E-state index in [1.165, 1.54) is 17.4 Å². The van der Waals surface area contributed by atoms with Gasteiger partial charge in [0.15, 0.2) is 10.8 Å². The maximum Gasteiger partial charge on any atom is 0.335 e. The van der Waals surface area contributed by atoms with Crippen molar-refractivity contribution in [3.05, 3.63) is 62.0 Å². The third-order valence-electron chi connectivity index (χ3n) is 6.63. The number of fused-ring (bicyclic) bond motifs is 1. The molecule has 0 radical (unpaired) electrons. The molecule has 2 saturated heterocycles. The van der Waals surface area contributed by atoms with Gasteiger partial charge in [-0.1, -0.05) is 17.7 Å². The Hall–Kier alpha value is -2.82. The van der Waals surface area contributed by atoms with E-state index in [0.29, 0.717) is 60.3 Å². The van der Waals surface area contributed by atoms with E-state index in [-0.39, 0.29) is 22.5 Å². The second-order valence-corrected chi connectivity index (χ2v) is 9.90. The summed E-state index contributed by atoms with van der Waals surface area (Å²) in [7, 11) is 0. The van der Waals surface area contributed by atoms with Gasteiger partial charge in [-0.25, -0.2) is 14.2 Å². The first-order valence-corrected chi connectivity index (χ1v) is 12.3. The minimum Gasteiger partial charge on any atom is -0.478 e. The van der Waals surface area contributed by atoms with Crippen LogP contribution < -0.4 is 5.32 Å². The van der Waals surface area contributed by atoms with Gasteiger partial charge in [0.05, 0.1) is 10.6 Å². The van der Waals surface area contributed by atoms with E-state index in [2.05, 4.69) is 15.2 Å². The zero-order chi connectivity index (χ0) is 24.0. The summed E-state index contributed by atoms with van der Waals surface area (Å²) in [6.45, 7) is 3.98. The van der Waals surface area contributed by atoms with E-state index in [0.717, 1.165) is 6.42 Å². The standard InChI is InChI=1S/C23H23ClFN5O3S/c1-12-14(3-4-15(25)19(12)24)20-18(23(32)33)16(27-21(28-20)22-26-6-9-34-22)11-29-7-8-30-13(10-29)2-5-17(30)31/h3-4,6,9,13,20H,2,5,7-8,10-11H2,1H3,(H,27,28)(H,32,33)/t13-,20+/m0/s1. The van der Waals surface area contributed by atoms with Crippen LogP contribution in [0.25, 0.3) is 0 Å². The predicted octanol–water partition coefficient (Wildman–Crippen LogP) is 2.98. The number of carboxylic acids is 1. The Morgan fingerprint density at radius 1 is 1.38 bits per heavy atom. The summed E-state index contributed by atoms with van der Waals surface area (Å²) in [5.41, 5.74) is 1.58. The van der Waals surface area contributed by atoms with E-state index < -0.39 is 17.8 Å². The fourth-order valence-electron chi connectivity index (χ4n) is 4.91. The van der Waals surface area contributed by atoms with Crippen molar-refractivity contribution in [1.29, 1.82) is 0 Å². The molecule has 4 heterocycles. The summed E-state index contributed by atoms with van der Waals surface area (Å²) in [6.07, 6.45) is 3.04. The molecule has 3 aliphatic rings. The van der Waals surface area contributed by atoms with Crippen molar-refractivity contribution in [2.45, 2.75) is 31.8 Å². The number of benzene rings is 1. The van der Waals surface area contributed by atoms with Gasteiger partial charge >= 0.3 is 5.97 Å². The fourth-order valence-corrected chi connectivity index (χ4v) is 5.67. The van der Waals surface area contributed by atoms with E-state index in [9.17, 15) is 19.1 Å². The molecule has 3 aliphatic heterocycles. The van der Waals surface area contributed by atoms with Crippen molar-refractivity contribution < 1.29 is 19.1 Å². The number of hydrogen-bond acceptors (Lipinski definition) is 7. The lowest BCUT2D eigenvalue weighted by atomic mass is 9.92. The number of carbonyl (C=O) groups excluding carboxylic acids is 1. The summed E-state index contributed by atoms with van der Waals surface area (Å²) in [5.74, 6) is -1.02. The topological polar surface area (TPSA) is 98.1 Å². The lowest BCUT2D eigenvalue weighted by molar-refractivity contribution is -0.133. The van der Waals surface area contributed by atoms with E-state index >= 15 is 0 Å². The van der Waals surface area contributed by atoms with Gasteiger partial charge in [-0.3, -0.25) is 14.7 Å². The molecule has 11 heteroatoms. The lowest BCUT2D eigenvalue weighted by Gasteiger charge is -2.38. The average Bonchev–Trinajstić information content (AvgIpc) is 3.47. The van der Waals surface area contributed by atoms with Gasteiger partial charge in [0.25, 0.3) is 0 Å². The van der Waals surface area contributed by atoms with Gasteiger partial charge in [0.1, 0.15) is 11.9 Å². The third kappa shape index (κ3) is 4.10. The third-order valence-corrected chi connectivity index (χ3v) is 7.87. The Morgan fingerprint density at radius 3 is 2.94 bits per heavy atom. The normalized spacial score (nSPS) is 23.1. The minimum absolute atomic E-state index is 0.0460. The molecule has 2 fully saturated rings. The Kier molecular flexibility index (Phi) is 6.13. The van der Waals surface area contributed by atoms with Crippen LogP contribution in [0, 0.1) is 12.7 Å². The number of hydrogen-bond donors (Lipinski definition) is 2. The first-order chi connectivity index (χ1) is 16.3. The highest BCUT2D eigenvalue weighted by Crippen LogP contribution is 2.37. The summed E-state index contributed by atoms with van der Waals surface area (Å²) in [4.78, 5) is 37.7. The van der Waals surface area contributed by atoms with Crippen LogP contribution in [0.1, 0.15) is 35.0 Å². The number of amides is 1. The number of nitrogens with one attached hydrogen (secondary N) is 1. The molecular formula is C23H23ClFN5O3S. The van der Waals surface area contributed by atoms with Crippen LogP contribution in [0.3, 0.4) is 0 Å². The highest BCUT2D eigenvalue weighted by Gasteiger charge is 2.38. The maximum absolute atomic E-state index is 14.1. The SMILES string of the molecule is Cc1c([C@H]2N=C(c3nccs3)NC(CN3CCN4C(=O)CC[C@H]4C3)=C2C(=O)O)ccc(F)c1Cl. The van der Waals surface area contributed by atoms with Crippen molar-refractivity contribution in [3.63, 3.8) is 0 Å². The molecule has 0 bridgehead atoms. The summed E-state index contributed by atoms with van der Waals surface area (Å²) >= 11 is 7.56. The minimum atomic E-state index is -1.11. The monoisotopic (exact) mass is 503 g/mol. The molecule has 2 atom stereocenters. The van der Waals surface area contributed by atoms with Gasteiger partial charge in [0, 0.05) is 55.9 Å².